The quantitative estimate of drug-likeness (QED) is 0.275. The monoisotopic (exact) mass is 497 g/mol. The summed E-state index contributed by atoms with van der Waals surface area (Å²) in [4.78, 5) is 38.9. The Labute approximate surface area is 204 Å². The van der Waals surface area contributed by atoms with Crippen LogP contribution in [0.15, 0.2) is 77.7 Å². The molecule has 0 aliphatic carbocycles. The van der Waals surface area contributed by atoms with Crippen molar-refractivity contribution in [3.8, 4) is 5.75 Å². The van der Waals surface area contributed by atoms with E-state index in [-0.39, 0.29) is 23.8 Å². The Hall–Kier alpha value is -3.06. The minimum atomic E-state index is -0.532. The zero-order valence-electron chi connectivity index (χ0n) is 17.2. The lowest BCUT2D eigenvalue weighted by Crippen LogP contribution is -2.33. The molecule has 3 aromatic rings. The highest BCUT2D eigenvalue weighted by Gasteiger charge is 2.36. The van der Waals surface area contributed by atoms with E-state index in [0.717, 1.165) is 22.2 Å². The number of hydrogen-bond donors (Lipinski definition) is 0. The molecule has 0 radical (unpaired) electrons. The number of thioether (sulfide) groups is 1. The zero-order chi connectivity index (χ0) is 23.4. The minimum absolute atomic E-state index is 0.190. The van der Waals surface area contributed by atoms with Crippen LogP contribution in [-0.2, 0) is 11.4 Å². The number of amides is 2. The molecule has 0 bridgehead atoms. The van der Waals surface area contributed by atoms with Gasteiger partial charge >= 0.3 is 0 Å². The Morgan fingerprint density at radius 1 is 0.939 bits per heavy atom. The fourth-order valence-electron chi connectivity index (χ4n) is 3.19. The molecule has 0 saturated carbocycles. The van der Waals surface area contributed by atoms with Gasteiger partial charge in [-0.15, -0.1) is 0 Å². The summed E-state index contributed by atoms with van der Waals surface area (Å²) in [6, 6.07) is 20.8. The highest BCUT2D eigenvalue weighted by Crippen LogP contribution is 2.35. The van der Waals surface area contributed by atoms with Crippen molar-refractivity contribution in [2.45, 2.75) is 6.61 Å². The van der Waals surface area contributed by atoms with E-state index in [4.69, 9.17) is 27.9 Å². The first-order valence-electron chi connectivity index (χ1n) is 9.91. The number of ether oxygens (including phenoxy) is 1. The number of Topliss-reactive ketones (excluding diaryl/α,β-unsaturated/α-hetero) is 1. The third-order valence-electron chi connectivity index (χ3n) is 4.81. The topological polar surface area (TPSA) is 63.7 Å². The summed E-state index contributed by atoms with van der Waals surface area (Å²) in [7, 11) is 0. The number of ketones is 1. The molecular formula is C25H17Cl2NO4S. The predicted octanol–water partition coefficient (Wildman–Crippen LogP) is 6.49. The normalized spacial score (nSPS) is 14.7. The van der Waals surface area contributed by atoms with Crippen molar-refractivity contribution in [2.75, 3.05) is 6.54 Å². The van der Waals surface area contributed by atoms with Gasteiger partial charge in [0.2, 0.25) is 0 Å². The Kier molecular flexibility index (Phi) is 7.18. The number of nitrogens with zero attached hydrogens (tertiary/aromatic N) is 1. The molecule has 5 nitrogen and oxygen atoms in total. The first-order valence-corrected chi connectivity index (χ1v) is 11.5. The van der Waals surface area contributed by atoms with Crippen molar-refractivity contribution in [3.63, 3.8) is 0 Å². The molecule has 0 unspecified atom stereocenters. The number of carbonyl (C=O) groups excluding carboxylic acids is 3. The highest BCUT2D eigenvalue weighted by molar-refractivity contribution is 8.18. The van der Waals surface area contributed by atoms with Gasteiger partial charge in [-0.25, -0.2) is 0 Å². The molecule has 0 spiro atoms. The maximum absolute atomic E-state index is 12.9. The number of benzene rings is 3. The molecule has 1 saturated heterocycles. The van der Waals surface area contributed by atoms with Crippen LogP contribution < -0.4 is 4.74 Å². The van der Waals surface area contributed by atoms with Gasteiger partial charge in [-0.1, -0.05) is 65.7 Å². The lowest BCUT2D eigenvalue weighted by molar-refractivity contribution is -0.122. The molecule has 4 rings (SSSR count). The smallest absolute Gasteiger partial charge is 0.293 e. The van der Waals surface area contributed by atoms with E-state index in [1.54, 1.807) is 66.7 Å². The summed E-state index contributed by atoms with van der Waals surface area (Å²) in [5.74, 6) is -0.353. The van der Waals surface area contributed by atoms with E-state index >= 15 is 0 Å². The van der Waals surface area contributed by atoms with E-state index < -0.39 is 11.1 Å². The van der Waals surface area contributed by atoms with Crippen LogP contribution >= 0.6 is 35.0 Å². The number of imide groups is 1. The summed E-state index contributed by atoms with van der Waals surface area (Å²) in [6.45, 7) is -0.0597. The number of hydrogen-bond acceptors (Lipinski definition) is 5. The van der Waals surface area contributed by atoms with Crippen LogP contribution in [0.2, 0.25) is 10.0 Å². The van der Waals surface area contributed by atoms with Crippen molar-refractivity contribution >= 4 is 58.0 Å². The van der Waals surface area contributed by atoms with Crippen LogP contribution in [0.4, 0.5) is 4.79 Å². The molecule has 3 aromatic carbocycles. The van der Waals surface area contributed by atoms with E-state index in [2.05, 4.69) is 0 Å². The summed E-state index contributed by atoms with van der Waals surface area (Å²) in [5, 5.41) is 0.556. The van der Waals surface area contributed by atoms with Crippen LogP contribution in [0.3, 0.4) is 0 Å². The molecule has 33 heavy (non-hydrogen) atoms. The van der Waals surface area contributed by atoms with E-state index in [1.807, 2.05) is 12.1 Å². The van der Waals surface area contributed by atoms with E-state index in [0.29, 0.717) is 26.9 Å². The van der Waals surface area contributed by atoms with Crippen LogP contribution in [0.1, 0.15) is 21.5 Å². The van der Waals surface area contributed by atoms with Crippen LogP contribution in [-0.4, -0.2) is 28.4 Å². The fourth-order valence-corrected chi connectivity index (χ4v) is 4.41. The second-order valence-corrected chi connectivity index (χ2v) is 9.02. The second-order valence-electron chi connectivity index (χ2n) is 7.16. The van der Waals surface area contributed by atoms with Crippen molar-refractivity contribution in [1.82, 2.24) is 4.90 Å². The number of carbonyl (C=O) groups is 3. The van der Waals surface area contributed by atoms with Crippen LogP contribution in [0.5, 0.6) is 5.75 Å². The van der Waals surface area contributed by atoms with Gasteiger partial charge in [0, 0.05) is 21.2 Å². The molecule has 1 aliphatic heterocycles. The Morgan fingerprint density at radius 3 is 2.45 bits per heavy atom. The Balaban J connectivity index is 1.53. The summed E-state index contributed by atoms with van der Waals surface area (Å²) < 4.78 is 5.92. The minimum Gasteiger partial charge on any atom is -0.488 e. The highest BCUT2D eigenvalue weighted by atomic mass is 35.5. The van der Waals surface area contributed by atoms with Gasteiger partial charge in [0.05, 0.1) is 11.4 Å². The van der Waals surface area contributed by atoms with E-state index in [9.17, 15) is 14.4 Å². The van der Waals surface area contributed by atoms with Crippen molar-refractivity contribution < 1.29 is 19.1 Å². The third-order valence-corrected chi connectivity index (χ3v) is 6.19. The lowest BCUT2D eigenvalue weighted by atomic mass is 10.1. The van der Waals surface area contributed by atoms with Crippen LogP contribution in [0.25, 0.3) is 6.08 Å². The molecule has 0 N–H and O–H groups in total. The van der Waals surface area contributed by atoms with Gasteiger partial charge in [-0.3, -0.25) is 19.3 Å². The molecule has 2 amide bonds. The Bertz CT molecular complexity index is 1260. The number of rotatable bonds is 7. The van der Waals surface area contributed by atoms with Gasteiger partial charge in [-0.2, -0.15) is 0 Å². The largest absolute Gasteiger partial charge is 0.488 e. The molecule has 166 valence electrons. The molecule has 1 aliphatic rings. The summed E-state index contributed by atoms with van der Waals surface area (Å²) >= 11 is 13.0. The Morgan fingerprint density at radius 2 is 1.70 bits per heavy atom. The SMILES string of the molecule is O=C(CN1C(=O)S/C(=C/c2cc(Cl)ccc2OCc2cccc(Cl)c2)C1=O)c1ccccc1. The molecule has 1 fully saturated rings. The van der Waals surface area contributed by atoms with Crippen molar-refractivity contribution in [1.29, 1.82) is 0 Å². The summed E-state index contributed by atoms with van der Waals surface area (Å²) in [6.07, 6.45) is 1.55. The van der Waals surface area contributed by atoms with Crippen LogP contribution in [0, 0.1) is 0 Å². The molecule has 1 heterocycles. The van der Waals surface area contributed by atoms with Crippen molar-refractivity contribution in [2.24, 2.45) is 0 Å². The fraction of sp³-hybridized carbons (Fsp3) is 0.0800. The molecule has 0 aromatic heterocycles. The molecular weight excluding hydrogens is 481 g/mol. The maximum atomic E-state index is 12.9. The van der Waals surface area contributed by atoms with Gasteiger partial charge in [-0.05, 0) is 53.7 Å². The second kappa shape index (κ2) is 10.3. The predicted molar refractivity (Wildman–Crippen MR) is 131 cm³/mol. The van der Waals surface area contributed by atoms with Gasteiger partial charge in [0.15, 0.2) is 5.78 Å². The maximum Gasteiger partial charge on any atom is 0.293 e. The average Bonchev–Trinajstić information content (AvgIpc) is 3.06. The van der Waals surface area contributed by atoms with Gasteiger partial charge in [0.25, 0.3) is 11.1 Å². The standard InChI is InChI=1S/C25H17Cl2NO4S/c26-19-8-4-5-16(11-19)15-32-22-10-9-20(27)12-18(22)13-23-24(30)28(25(31)33-23)14-21(29)17-6-2-1-3-7-17/h1-13H,14-15H2/b23-13+. The van der Waals surface area contributed by atoms with E-state index in [1.165, 1.54) is 0 Å². The zero-order valence-corrected chi connectivity index (χ0v) is 19.5. The molecule has 0 atom stereocenters. The first kappa shape index (κ1) is 23.1. The van der Waals surface area contributed by atoms with Crippen molar-refractivity contribution in [3.05, 3.63) is 104 Å². The number of halogens is 2. The average molecular weight is 498 g/mol. The van der Waals surface area contributed by atoms with Gasteiger partial charge in [0.1, 0.15) is 12.4 Å². The lowest BCUT2D eigenvalue weighted by Gasteiger charge is -2.12. The summed E-state index contributed by atoms with van der Waals surface area (Å²) in [5.41, 5.74) is 1.86. The third kappa shape index (κ3) is 5.66. The first-order chi connectivity index (χ1) is 15.9. The van der Waals surface area contributed by atoms with Gasteiger partial charge < -0.3 is 4.74 Å². The molecule has 8 heteroatoms.